The molecule has 0 heterocycles. The van der Waals surface area contributed by atoms with Crippen molar-refractivity contribution in [2.24, 2.45) is 0 Å². The Kier molecular flexibility index (Phi) is 27.6. The minimum absolute atomic E-state index is 0. The van der Waals surface area contributed by atoms with Gasteiger partial charge in [0.25, 0.3) is 0 Å². The predicted molar refractivity (Wildman–Crippen MR) is 26.7 cm³/mol. The Morgan fingerprint density at radius 3 is 1.78 bits per heavy atom. The number of rotatable bonds is 1. The van der Waals surface area contributed by atoms with Gasteiger partial charge in [0.1, 0.15) is 0 Å². The second kappa shape index (κ2) is 15.6. The molecule has 0 aromatic rings. The summed E-state index contributed by atoms with van der Waals surface area (Å²) in [6.45, 7) is 2.73. The molecule has 0 aromatic carbocycles. The molecule has 0 fully saturated rings. The van der Waals surface area contributed by atoms with Crippen LogP contribution in [0, 0.1) is 0 Å². The molecular formula is C5H8NiO3. The van der Waals surface area contributed by atoms with Gasteiger partial charge in [-0.1, -0.05) is 6.92 Å². The van der Waals surface area contributed by atoms with Crippen LogP contribution in [0.15, 0.2) is 0 Å². The molecule has 56 valence electrons. The van der Waals surface area contributed by atoms with Crippen molar-refractivity contribution in [2.75, 3.05) is 0 Å². The first kappa shape index (κ1) is 15.9. The average Bonchev–Trinajstić information content (AvgIpc) is 1.65. The summed E-state index contributed by atoms with van der Waals surface area (Å²) in [4.78, 5) is 17.9. The van der Waals surface area contributed by atoms with Crippen LogP contribution >= 0.6 is 0 Å². The Balaban J connectivity index is -0.0000000720. The van der Waals surface area contributed by atoms with Crippen LogP contribution < -0.4 is 5.11 Å². The molecule has 0 saturated carbocycles. The SMILES string of the molecule is CC(=O)[O-].CC[C-]=O.[Ni+2]. The van der Waals surface area contributed by atoms with Crippen molar-refractivity contribution >= 4 is 12.3 Å². The largest absolute Gasteiger partial charge is 2.00 e. The van der Waals surface area contributed by atoms with Gasteiger partial charge in [0.2, 0.25) is 0 Å². The maximum atomic E-state index is 9.05. The van der Waals surface area contributed by atoms with Crippen molar-refractivity contribution < 1.29 is 31.2 Å². The van der Waals surface area contributed by atoms with Crippen LogP contribution in [-0.4, -0.2) is 12.3 Å². The summed E-state index contributed by atoms with van der Waals surface area (Å²) in [6, 6.07) is 0. The first-order valence-electron chi connectivity index (χ1n) is 2.17. The van der Waals surface area contributed by atoms with Gasteiger partial charge in [0, 0.05) is 5.97 Å². The van der Waals surface area contributed by atoms with E-state index in [0.29, 0.717) is 6.42 Å². The second-order valence-electron chi connectivity index (χ2n) is 0.989. The zero-order valence-corrected chi connectivity index (χ0v) is 6.24. The number of hydrogen-bond donors (Lipinski definition) is 0. The Morgan fingerprint density at radius 1 is 1.67 bits per heavy atom. The maximum absolute atomic E-state index is 9.05. The summed E-state index contributed by atoms with van der Waals surface area (Å²) in [6.07, 6.45) is 2.19. The van der Waals surface area contributed by atoms with Gasteiger partial charge < -0.3 is 14.7 Å². The molecule has 0 spiro atoms. The van der Waals surface area contributed by atoms with Gasteiger partial charge in [-0.25, -0.2) is 0 Å². The molecule has 9 heavy (non-hydrogen) atoms. The predicted octanol–water partition coefficient (Wildman–Crippen LogP) is -0.740. The van der Waals surface area contributed by atoms with E-state index in [4.69, 9.17) is 14.7 Å². The fraction of sp³-hybridized carbons (Fsp3) is 0.600. The van der Waals surface area contributed by atoms with Crippen molar-refractivity contribution in [1.29, 1.82) is 0 Å². The van der Waals surface area contributed by atoms with Crippen LogP contribution in [0.3, 0.4) is 0 Å². The minimum atomic E-state index is -1.08. The third-order valence-corrected chi connectivity index (χ3v) is 0.144. The van der Waals surface area contributed by atoms with Gasteiger partial charge in [-0.05, 0) is 6.92 Å². The van der Waals surface area contributed by atoms with E-state index in [1.165, 1.54) is 0 Å². The molecular weight excluding hydrogens is 167 g/mol. The van der Waals surface area contributed by atoms with Crippen molar-refractivity contribution in [3.05, 3.63) is 0 Å². The summed E-state index contributed by atoms with van der Waals surface area (Å²) in [5, 5.41) is 8.89. The smallest absolute Gasteiger partial charge is 0.550 e. The standard InChI is InChI=1S/C3H5O.C2H4O2.Ni/c1-2-3-4;1-2(3)4;/h2H2,1H3;1H3,(H,3,4);/q-1;;+2/p-1. The normalized spacial score (nSPS) is 5.56. The van der Waals surface area contributed by atoms with Gasteiger partial charge in [-0.15, -0.1) is 0 Å². The Hall–Kier alpha value is -0.366. The fourth-order valence-corrected chi connectivity index (χ4v) is 0. The zero-order valence-electron chi connectivity index (χ0n) is 5.25. The molecule has 0 saturated heterocycles. The fourth-order valence-electron chi connectivity index (χ4n) is 0. The molecule has 0 rings (SSSR count). The molecule has 3 nitrogen and oxygen atoms in total. The van der Waals surface area contributed by atoms with Crippen molar-refractivity contribution in [3.63, 3.8) is 0 Å². The van der Waals surface area contributed by atoms with E-state index >= 15 is 0 Å². The van der Waals surface area contributed by atoms with Gasteiger partial charge in [-0.2, -0.15) is 6.42 Å². The Morgan fingerprint density at radius 2 is 1.78 bits per heavy atom. The van der Waals surface area contributed by atoms with Crippen LogP contribution in [0.4, 0.5) is 0 Å². The summed E-state index contributed by atoms with van der Waals surface area (Å²) < 4.78 is 0. The number of aliphatic carboxylic acids is 1. The van der Waals surface area contributed by atoms with Crippen LogP contribution in [0.25, 0.3) is 0 Å². The second-order valence-corrected chi connectivity index (χ2v) is 0.989. The van der Waals surface area contributed by atoms with Crippen molar-refractivity contribution in [3.8, 4) is 0 Å². The molecule has 0 aliphatic heterocycles. The quantitative estimate of drug-likeness (QED) is 0.389. The number of hydrogen-bond acceptors (Lipinski definition) is 3. The maximum Gasteiger partial charge on any atom is 2.00 e. The number of carboxylic acid groups (broad SMARTS) is 1. The number of carbonyl (C=O) groups is 1. The van der Waals surface area contributed by atoms with E-state index in [1.807, 2.05) is 0 Å². The van der Waals surface area contributed by atoms with E-state index in [1.54, 1.807) is 13.2 Å². The average molecular weight is 175 g/mol. The summed E-state index contributed by atoms with van der Waals surface area (Å²) >= 11 is 0. The van der Waals surface area contributed by atoms with E-state index in [2.05, 4.69) is 0 Å². The minimum Gasteiger partial charge on any atom is -0.550 e. The summed E-state index contributed by atoms with van der Waals surface area (Å²) in [7, 11) is 0. The number of carbonyl (C=O) groups excluding carboxylic acids is 2. The number of carboxylic acids is 1. The molecule has 0 radical (unpaired) electrons. The van der Waals surface area contributed by atoms with Crippen LogP contribution in [0.5, 0.6) is 0 Å². The molecule has 0 unspecified atom stereocenters. The van der Waals surface area contributed by atoms with E-state index in [9.17, 15) is 0 Å². The van der Waals surface area contributed by atoms with Gasteiger partial charge in [0.05, 0.1) is 0 Å². The molecule has 0 aliphatic rings. The van der Waals surface area contributed by atoms with E-state index in [0.717, 1.165) is 6.92 Å². The Bertz CT molecular complexity index is 68.6. The van der Waals surface area contributed by atoms with Crippen LogP contribution in [-0.2, 0) is 26.1 Å². The van der Waals surface area contributed by atoms with Gasteiger partial charge >= 0.3 is 16.5 Å². The third-order valence-electron chi connectivity index (χ3n) is 0.144. The first-order chi connectivity index (χ1) is 3.65. The molecule has 0 amide bonds. The van der Waals surface area contributed by atoms with Crippen molar-refractivity contribution in [2.45, 2.75) is 20.3 Å². The van der Waals surface area contributed by atoms with E-state index in [-0.39, 0.29) is 16.5 Å². The third kappa shape index (κ3) is 604. The van der Waals surface area contributed by atoms with Gasteiger partial charge in [-0.3, -0.25) is 6.29 Å². The molecule has 4 heteroatoms. The summed E-state index contributed by atoms with van der Waals surface area (Å²) in [5.74, 6) is -1.08. The topological polar surface area (TPSA) is 57.2 Å². The molecule has 0 N–H and O–H groups in total. The summed E-state index contributed by atoms with van der Waals surface area (Å²) in [5.41, 5.74) is 0. The first-order valence-corrected chi connectivity index (χ1v) is 2.17. The zero-order chi connectivity index (χ0) is 6.99. The van der Waals surface area contributed by atoms with Crippen molar-refractivity contribution in [1.82, 2.24) is 0 Å². The molecule has 0 atom stereocenters. The monoisotopic (exact) mass is 174 g/mol. The molecule has 0 aromatic heterocycles. The van der Waals surface area contributed by atoms with Crippen LogP contribution in [0.2, 0.25) is 0 Å². The molecule has 0 aliphatic carbocycles. The Labute approximate surface area is 64.4 Å². The van der Waals surface area contributed by atoms with E-state index < -0.39 is 5.97 Å². The molecule has 0 bridgehead atoms. The van der Waals surface area contributed by atoms with Crippen LogP contribution in [0.1, 0.15) is 20.3 Å². The van der Waals surface area contributed by atoms with Gasteiger partial charge in [0.15, 0.2) is 0 Å².